The summed E-state index contributed by atoms with van der Waals surface area (Å²) in [5.41, 5.74) is -1.67. The van der Waals surface area contributed by atoms with Crippen molar-refractivity contribution < 1.29 is 15.0 Å². The SMILES string of the molecule is CCCC/C(C#C[C@@](C)(O)C1(C#N)CC1)=C/C(=O)O. The van der Waals surface area contributed by atoms with Crippen molar-refractivity contribution in [3.05, 3.63) is 11.6 Å². The Morgan fingerprint density at radius 1 is 1.53 bits per heavy atom. The number of carbonyl (C=O) groups is 1. The van der Waals surface area contributed by atoms with Gasteiger partial charge in [0, 0.05) is 11.6 Å². The van der Waals surface area contributed by atoms with Crippen LogP contribution in [-0.2, 0) is 4.79 Å². The largest absolute Gasteiger partial charge is 0.478 e. The van der Waals surface area contributed by atoms with Gasteiger partial charge in [-0.15, -0.1) is 0 Å². The van der Waals surface area contributed by atoms with E-state index < -0.39 is 17.0 Å². The molecule has 0 bridgehead atoms. The van der Waals surface area contributed by atoms with Crippen molar-refractivity contribution in [1.82, 2.24) is 0 Å². The molecule has 0 aromatic carbocycles. The van der Waals surface area contributed by atoms with Crippen LogP contribution in [0.2, 0.25) is 0 Å². The van der Waals surface area contributed by atoms with Gasteiger partial charge in [0.05, 0.1) is 11.5 Å². The second kappa shape index (κ2) is 5.91. The number of nitrogens with zero attached hydrogens (tertiary/aromatic N) is 1. The zero-order valence-electron chi connectivity index (χ0n) is 11.4. The molecule has 1 aliphatic rings. The van der Waals surface area contributed by atoms with Gasteiger partial charge in [0.2, 0.25) is 0 Å². The lowest BCUT2D eigenvalue weighted by Crippen LogP contribution is -2.33. The summed E-state index contributed by atoms with van der Waals surface area (Å²) in [5.74, 6) is 4.37. The van der Waals surface area contributed by atoms with E-state index >= 15 is 0 Å². The van der Waals surface area contributed by atoms with Crippen molar-refractivity contribution in [2.75, 3.05) is 0 Å². The summed E-state index contributed by atoms with van der Waals surface area (Å²) in [5, 5.41) is 28.1. The molecule has 1 saturated carbocycles. The summed E-state index contributed by atoms with van der Waals surface area (Å²) in [6.45, 7) is 3.53. The highest BCUT2D eigenvalue weighted by Crippen LogP contribution is 2.53. The number of unbranched alkanes of at least 4 members (excludes halogenated alkanes) is 1. The van der Waals surface area contributed by atoms with Gasteiger partial charge in [0.15, 0.2) is 0 Å². The molecule has 0 unspecified atom stereocenters. The molecule has 1 rings (SSSR count). The van der Waals surface area contributed by atoms with Gasteiger partial charge in [0.1, 0.15) is 5.60 Å². The predicted octanol–water partition coefficient (Wildman–Crippen LogP) is 2.25. The number of aliphatic carboxylic acids is 1. The van der Waals surface area contributed by atoms with E-state index in [0.29, 0.717) is 24.8 Å². The van der Waals surface area contributed by atoms with E-state index in [2.05, 4.69) is 17.9 Å². The van der Waals surface area contributed by atoms with Gasteiger partial charge in [-0.2, -0.15) is 5.26 Å². The standard InChI is InChI=1S/C15H19NO3/c1-3-4-5-12(10-13(17)18)6-7-14(2,19)15(11-16)8-9-15/h10,19H,3-5,8-9H2,1-2H3,(H,17,18)/b12-10-/t14-/m1/s1. The second-order valence-electron chi connectivity index (χ2n) is 5.13. The molecule has 4 heteroatoms. The Labute approximate surface area is 113 Å². The number of allylic oxidation sites excluding steroid dienone is 1. The fourth-order valence-electron chi connectivity index (χ4n) is 1.84. The molecular weight excluding hydrogens is 242 g/mol. The molecule has 0 aliphatic heterocycles. The van der Waals surface area contributed by atoms with Crippen LogP contribution in [0.5, 0.6) is 0 Å². The summed E-state index contributed by atoms with van der Waals surface area (Å²) in [6, 6.07) is 2.11. The Balaban J connectivity index is 2.89. The number of carboxylic acids is 1. The quantitative estimate of drug-likeness (QED) is 0.587. The van der Waals surface area contributed by atoms with E-state index in [1.54, 1.807) is 0 Å². The van der Waals surface area contributed by atoms with E-state index in [-0.39, 0.29) is 0 Å². The highest BCUT2D eigenvalue weighted by molar-refractivity contribution is 5.81. The molecule has 0 heterocycles. The lowest BCUT2D eigenvalue weighted by atomic mass is 9.87. The minimum absolute atomic E-state index is 0.489. The zero-order valence-corrected chi connectivity index (χ0v) is 11.4. The summed E-state index contributed by atoms with van der Waals surface area (Å²) in [4.78, 5) is 10.7. The Morgan fingerprint density at radius 2 is 2.16 bits per heavy atom. The summed E-state index contributed by atoms with van der Waals surface area (Å²) < 4.78 is 0. The van der Waals surface area contributed by atoms with Crippen LogP contribution in [0.3, 0.4) is 0 Å². The number of aliphatic hydroxyl groups is 1. The fraction of sp³-hybridized carbons (Fsp3) is 0.600. The maximum atomic E-state index is 10.7. The molecule has 1 atom stereocenters. The second-order valence-corrected chi connectivity index (χ2v) is 5.13. The molecule has 0 amide bonds. The van der Waals surface area contributed by atoms with Gasteiger partial charge in [-0.1, -0.05) is 25.2 Å². The fourth-order valence-corrected chi connectivity index (χ4v) is 1.84. The summed E-state index contributed by atoms with van der Waals surface area (Å²) in [7, 11) is 0. The first kappa shape index (κ1) is 15.3. The van der Waals surface area contributed by atoms with Gasteiger partial charge >= 0.3 is 5.97 Å². The molecular formula is C15H19NO3. The van der Waals surface area contributed by atoms with Crippen LogP contribution in [0.1, 0.15) is 46.0 Å². The first-order valence-electron chi connectivity index (χ1n) is 6.47. The van der Waals surface area contributed by atoms with Crippen LogP contribution in [0, 0.1) is 28.6 Å². The average Bonchev–Trinajstić information content (AvgIpc) is 3.13. The molecule has 1 fully saturated rings. The van der Waals surface area contributed by atoms with Crippen LogP contribution in [0.25, 0.3) is 0 Å². The minimum Gasteiger partial charge on any atom is -0.478 e. The van der Waals surface area contributed by atoms with Gasteiger partial charge in [0.25, 0.3) is 0 Å². The van der Waals surface area contributed by atoms with Crippen molar-refractivity contribution in [2.24, 2.45) is 5.41 Å². The third-order valence-electron chi connectivity index (χ3n) is 3.46. The number of carboxylic acid groups (broad SMARTS) is 1. The van der Waals surface area contributed by atoms with Gasteiger partial charge in [-0.25, -0.2) is 4.79 Å². The van der Waals surface area contributed by atoms with E-state index in [4.69, 9.17) is 10.4 Å². The van der Waals surface area contributed by atoms with Crippen LogP contribution in [-0.4, -0.2) is 21.8 Å². The highest BCUT2D eigenvalue weighted by Gasteiger charge is 2.56. The molecule has 0 saturated heterocycles. The van der Waals surface area contributed by atoms with Crippen molar-refractivity contribution in [1.29, 1.82) is 5.26 Å². The number of hydrogen-bond acceptors (Lipinski definition) is 3. The van der Waals surface area contributed by atoms with Crippen LogP contribution in [0.15, 0.2) is 11.6 Å². The van der Waals surface area contributed by atoms with Crippen LogP contribution >= 0.6 is 0 Å². The monoisotopic (exact) mass is 261 g/mol. The van der Waals surface area contributed by atoms with Crippen molar-refractivity contribution in [3.8, 4) is 17.9 Å². The maximum absolute atomic E-state index is 10.7. The first-order chi connectivity index (χ1) is 8.87. The molecule has 4 nitrogen and oxygen atoms in total. The molecule has 19 heavy (non-hydrogen) atoms. The predicted molar refractivity (Wildman–Crippen MR) is 70.9 cm³/mol. The summed E-state index contributed by atoms with van der Waals surface area (Å²) >= 11 is 0. The molecule has 102 valence electrons. The Kier molecular flexibility index (Phi) is 4.75. The van der Waals surface area contributed by atoms with Gasteiger partial charge < -0.3 is 10.2 Å². The molecule has 0 aromatic rings. The first-order valence-corrected chi connectivity index (χ1v) is 6.47. The highest BCUT2D eigenvalue weighted by atomic mass is 16.4. The topological polar surface area (TPSA) is 81.3 Å². The molecule has 1 aliphatic carbocycles. The van der Waals surface area contributed by atoms with Crippen LogP contribution < -0.4 is 0 Å². The van der Waals surface area contributed by atoms with E-state index in [9.17, 15) is 9.90 Å². The van der Waals surface area contributed by atoms with Crippen molar-refractivity contribution >= 4 is 5.97 Å². The normalized spacial score (nSPS) is 19.6. The van der Waals surface area contributed by atoms with Crippen molar-refractivity contribution in [3.63, 3.8) is 0 Å². The number of rotatable bonds is 5. The molecule has 0 spiro atoms. The smallest absolute Gasteiger partial charge is 0.329 e. The zero-order chi connectivity index (χ0) is 14.5. The average molecular weight is 261 g/mol. The minimum atomic E-state index is -1.38. The van der Waals surface area contributed by atoms with Gasteiger partial charge in [-0.05, 0) is 32.6 Å². The van der Waals surface area contributed by atoms with E-state index in [0.717, 1.165) is 18.9 Å². The molecule has 0 aromatic heterocycles. The molecule has 0 radical (unpaired) electrons. The summed E-state index contributed by atoms with van der Waals surface area (Å²) in [6.07, 6.45) is 4.71. The Hall–Kier alpha value is -1.78. The lowest BCUT2D eigenvalue weighted by Gasteiger charge is -2.21. The number of nitriles is 1. The Bertz CT molecular complexity index is 482. The Morgan fingerprint density at radius 3 is 2.58 bits per heavy atom. The maximum Gasteiger partial charge on any atom is 0.329 e. The van der Waals surface area contributed by atoms with E-state index in [1.165, 1.54) is 6.92 Å². The van der Waals surface area contributed by atoms with Gasteiger partial charge in [-0.3, -0.25) is 0 Å². The molecule has 2 N–H and O–H groups in total. The number of hydrogen-bond donors (Lipinski definition) is 2. The van der Waals surface area contributed by atoms with Crippen molar-refractivity contribution in [2.45, 2.75) is 51.6 Å². The third kappa shape index (κ3) is 3.84. The third-order valence-corrected chi connectivity index (χ3v) is 3.46. The van der Waals surface area contributed by atoms with Crippen LogP contribution in [0.4, 0.5) is 0 Å². The van der Waals surface area contributed by atoms with E-state index in [1.807, 2.05) is 6.92 Å². The lowest BCUT2D eigenvalue weighted by molar-refractivity contribution is -0.131.